The van der Waals surface area contributed by atoms with E-state index in [-0.39, 0.29) is 28.3 Å². The third-order valence-electron chi connectivity index (χ3n) is 11.7. The summed E-state index contributed by atoms with van der Waals surface area (Å²) < 4.78 is 24.1. The maximum atomic E-state index is 6.38. The smallest absolute Gasteiger partial charge is 0.119 e. The zero-order valence-corrected chi connectivity index (χ0v) is 36.1. The molecule has 0 bridgehead atoms. The molecule has 0 aromatic heterocycles. The molecule has 0 radical (unpaired) electrons. The van der Waals surface area contributed by atoms with E-state index in [0.717, 1.165) is 23.0 Å². The lowest BCUT2D eigenvalue weighted by Gasteiger charge is -2.27. The van der Waals surface area contributed by atoms with Crippen molar-refractivity contribution in [2.75, 3.05) is 26.4 Å². The summed E-state index contributed by atoms with van der Waals surface area (Å²) in [5.41, 5.74) is 22.2. The van der Waals surface area contributed by atoms with Crippen LogP contribution in [0.1, 0.15) is 86.1 Å². The van der Waals surface area contributed by atoms with E-state index >= 15 is 0 Å². The molecule has 0 saturated carbocycles. The van der Waals surface area contributed by atoms with E-state index < -0.39 is 0 Å². The Bertz CT molecular complexity index is 2050. The molecule has 6 aromatic carbocycles. The standard InChI is InChI=1S/C53H62N2O4/c1-37-9-13-39(14-10-37)51(3,4)41-17-25-47(26-18-41)56-33-45(54)35-58-49-29-21-43(22-30-49)53(7,8)44-23-31-50(32-24-44)59-36-46(55)34-57-48-27-19-42(20-28-48)52(5,6)40-15-11-38(2)12-16-40/h9-32,45-46H,33-36,54-55H2,1-8H3. The van der Waals surface area contributed by atoms with Gasteiger partial charge in [0.15, 0.2) is 0 Å². The summed E-state index contributed by atoms with van der Waals surface area (Å²) in [6, 6.07) is 49.9. The molecule has 0 fully saturated rings. The van der Waals surface area contributed by atoms with Gasteiger partial charge < -0.3 is 30.4 Å². The quantitative estimate of drug-likeness (QED) is 0.0901. The van der Waals surface area contributed by atoms with Crippen LogP contribution in [0.4, 0.5) is 0 Å². The number of aryl methyl sites for hydroxylation is 2. The number of hydrogen-bond acceptors (Lipinski definition) is 6. The van der Waals surface area contributed by atoms with Crippen molar-refractivity contribution in [1.29, 1.82) is 0 Å². The van der Waals surface area contributed by atoms with Gasteiger partial charge in [0.1, 0.15) is 49.4 Å². The van der Waals surface area contributed by atoms with Crippen LogP contribution in [0.25, 0.3) is 0 Å². The molecule has 2 atom stereocenters. The Morgan fingerprint density at radius 2 is 0.492 bits per heavy atom. The van der Waals surface area contributed by atoms with Gasteiger partial charge >= 0.3 is 0 Å². The normalized spacial score (nSPS) is 13.1. The summed E-state index contributed by atoms with van der Waals surface area (Å²) in [4.78, 5) is 0. The Morgan fingerprint density at radius 3 is 0.678 bits per heavy atom. The molecule has 2 unspecified atom stereocenters. The van der Waals surface area contributed by atoms with Crippen LogP contribution in [0, 0.1) is 13.8 Å². The number of hydrogen-bond donors (Lipinski definition) is 2. The fourth-order valence-electron chi connectivity index (χ4n) is 7.22. The highest BCUT2D eigenvalue weighted by Gasteiger charge is 2.25. The largest absolute Gasteiger partial charge is 0.492 e. The van der Waals surface area contributed by atoms with E-state index in [1.54, 1.807) is 0 Å². The third kappa shape index (κ3) is 10.9. The second kappa shape index (κ2) is 18.6. The molecule has 6 aromatic rings. The van der Waals surface area contributed by atoms with Gasteiger partial charge in [0.25, 0.3) is 0 Å². The van der Waals surface area contributed by atoms with Gasteiger partial charge in [-0.25, -0.2) is 0 Å². The summed E-state index contributed by atoms with van der Waals surface area (Å²) >= 11 is 0. The zero-order valence-electron chi connectivity index (χ0n) is 36.1. The number of ether oxygens (including phenoxy) is 4. The van der Waals surface area contributed by atoms with Gasteiger partial charge in [-0.1, -0.05) is 150 Å². The molecule has 6 heteroatoms. The predicted octanol–water partition coefficient (Wildman–Crippen LogP) is 10.9. The van der Waals surface area contributed by atoms with Gasteiger partial charge in [-0.15, -0.1) is 0 Å². The molecule has 308 valence electrons. The van der Waals surface area contributed by atoms with Crippen LogP contribution in [0.2, 0.25) is 0 Å². The van der Waals surface area contributed by atoms with E-state index in [4.69, 9.17) is 30.4 Å². The second-order valence-corrected chi connectivity index (χ2v) is 17.5. The topological polar surface area (TPSA) is 89.0 Å². The van der Waals surface area contributed by atoms with Crippen LogP contribution in [-0.4, -0.2) is 38.5 Å². The van der Waals surface area contributed by atoms with Crippen molar-refractivity contribution < 1.29 is 18.9 Å². The Balaban J connectivity index is 0.919. The van der Waals surface area contributed by atoms with E-state index in [1.807, 2.05) is 48.5 Å². The van der Waals surface area contributed by atoms with Crippen LogP contribution < -0.4 is 30.4 Å². The van der Waals surface area contributed by atoms with Crippen molar-refractivity contribution in [2.45, 2.75) is 83.7 Å². The minimum atomic E-state index is -0.280. The second-order valence-electron chi connectivity index (χ2n) is 17.5. The van der Waals surface area contributed by atoms with E-state index in [1.165, 1.54) is 44.5 Å². The molecule has 0 heterocycles. The lowest BCUT2D eigenvalue weighted by molar-refractivity contribution is 0.220. The van der Waals surface area contributed by atoms with Crippen LogP contribution in [0.5, 0.6) is 23.0 Å². The number of rotatable bonds is 18. The minimum absolute atomic E-state index is 0.108. The molecule has 0 aliphatic heterocycles. The lowest BCUT2D eigenvalue weighted by Crippen LogP contribution is -2.34. The van der Waals surface area contributed by atoms with Crippen LogP contribution >= 0.6 is 0 Å². The number of nitrogens with two attached hydrogens (primary N) is 2. The molecule has 0 aliphatic rings. The van der Waals surface area contributed by atoms with E-state index in [0.29, 0.717) is 26.4 Å². The van der Waals surface area contributed by atoms with Crippen LogP contribution in [0.3, 0.4) is 0 Å². The van der Waals surface area contributed by atoms with Gasteiger partial charge in [0.2, 0.25) is 0 Å². The average Bonchev–Trinajstić information content (AvgIpc) is 3.24. The predicted molar refractivity (Wildman–Crippen MR) is 242 cm³/mol. The Labute approximate surface area is 352 Å². The average molecular weight is 791 g/mol. The fourth-order valence-corrected chi connectivity index (χ4v) is 7.22. The molecular weight excluding hydrogens is 729 g/mol. The van der Waals surface area contributed by atoms with Crippen molar-refractivity contribution in [1.82, 2.24) is 0 Å². The maximum Gasteiger partial charge on any atom is 0.119 e. The van der Waals surface area contributed by atoms with Gasteiger partial charge in [-0.2, -0.15) is 0 Å². The van der Waals surface area contributed by atoms with Crippen LogP contribution in [0.15, 0.2) is 146 Å². The van der Waals surface area contributed by atoms with Gasteiger partial charge in [0.05, 0.1) is 12.1 Å². The van der Waals surface area contributed by atoms with Crippen molar-refractivity contribution in [2.24, 2.45) is 11.5 Å². The highest BCUT2D eigenvalue weighted by Crippen LogP contribution is 2.35. The zero-order chi connectivity index (χ0) is 42.2. The Hall–Kier alpha value is -5.56. The van der Waals surface area contributed by atoms with E-state index in [2.05, 4.69) is 152 Å². The SMILES string of the molecule is Cc1ccc(C(C)(C)c2ccc(OCC(N)COc3ccc(C(C)(C)c4ccc(OCC(N)COc5ccc(C(C)(C)c6ccc(C)cc6)cc5)cc4)cc3)cc2)cc1. The molecular formula is C53H62N2O4. The monoisotopic (exact) mass is 790 g/mol. The minimum Gasteiger partial charge on any atom is -0.492 e. The molecule has 0 amide bonds. The summed E-state index contributed by atoms with van der Waals surface area (Å²) in [6.07, 6.45) is 0. The third-order valence-corrected chi connectivity index (χ3v) is 11.7. The van der Waals surface area contributed by atoms with Crippen LogP contribution in [-0.2, 0) is 16.2 Å². The van der Waals surface area contributed by atoms with Gasteiger partial charge in [-0.05, 0) is 95.8 Å². The first-order valence-corrected chi connectivity index (χ1v) is 20.7. The molecule has 0 spiro atoms. The molecule has 59 heavy (non-hydrogen) atoms. The van der Waals surface area contributed by atoms with E-state index in [9.17, 15) is 0 Å². The molecule has 6 rings (SSSR count). The fraction of sp³-hybridized carbons (Fsp3) is 0.321. The van der Waals surface area contributed by atoms with Crippen molar-refractivity contribution >= 4 is 0 Å². The summed E-state index contributed by atoms with van der Waals surface area (Å²) in [7, 11) is 0. The first-order chi connectivity index (χ1) is 28.1. The first-order valence-electron chi connectivity index (χ1n) is 20.7. The van der Waals surface area contributed by atoms with Crippen molar-refractivity contribution in [3.8, 4) is 23.0 Å². The highest BCUT2D eigenvalue weighted by atomic mass is 16.5. The summed E-state index contributed by atoms with van der Waals surface area (Å²) in [5, 5.41) is 0. The summed E-state index contributed by atoms with van der Waals surface area (Å²) in [6.45, 7) is 19.0. The van der Waals surface area contributed by atoms with Gasteiger partial charge in [0, 0.05) is 16.2 Å². The Kier molecular flexibility index (Phi) is 13.5. The van der Waals surface area contributed by atoms with Crippen molar-refractivity contribution in [3.63, 3.8) is 0 Å². The molecule has 0 saturated heterocycles. The van der Waals surface area contributed by atoms with Gasteiger partial charge in [-0.3, -0.25) is 0 Å². The first kappa shape index (κ1) is 43.0. The maximum absolute atomic E-state index is 6.38. The number of benzene rings is 6. The Morgan fingerprint density at radius 1 is 0.322 bits per heavy atom. The lowest BCUT2D eigenvalue weighted by atomic mass is 9.78. The molecule has 4 N–H and O–H groups in total. The summed E-state index contributed by atoms with van der Waals surface area (Å²) in [5.74, 6) is 3.12. The van der Waals surface area contributed by atoms with Crippen molar-refractivity contribution in [3.05, 3.63) is 190 Å². The molecule has 0 aliphatic carbocycles. The highest BCUT2D eigenvalue weighted by molar-refractivity contribution is 5.44. The molecule has 6 nitrogen and oxygen atoms in total.